The molecule has 168 valence electrons. The van der Waals surface area contributed by atoms with E-state index in [1.807, 2.05) is 0 Å². The Balaban J connectivity index is 1.58. The molecular formula is C20H21F4N3O4. The van der Waals surface area contributed by atoms with E-state index in [0.717, 1.165) is 0 Å². The SMILES string of the molecule is NC(=O)C1NCC2CC21[C@H](C[C@H]1CCNC1=O)C(=O)COc1c(F)c(F)cc(F)c1F. The normalized spacial score (nSPS) is 29.9. The summed E-state index contributed by atoms with van der Waals surface area (Å²) in [6.07, 6.45) is 1.13. The minimum atomic E-state index is -1.75. The van der Waals surface area contributed by atoms with Crippen LogP contribution in [-0.4, -0.2) is 43.3 Å². The van der Waals surface area contributed by atoms with Crippen LogP contribution in [0.4, 0.5) is 17.6 Å². The molecular weight excluding hydrogens is 422 g/mol. The summed E-state index contributed by atoms with van der Waals surface area (Å²) in [6, 6.07) is -0.757. The van der Waals surface area contributed by atoms with Gasteiger partial charge in [0.1, 0.15) is 6.61 Å². The number of ether oxygens (including phenoxy) is 1. The summed E-state index contributed by atoms with van der Waals surface area (Å²) in [5, 5.41) is 5.67. The first-order chi connectivity index (χ1) is 14.7. The standard InChI is InChI=1S/C20H21F4N3O4/c21-11-4-12(22)15(24)16(14(11)23)31-7-13(28)10(3-8-1-2-26-19(8)30)20-5-9(20)6-27-17(20)18(25)29/h4,8-10,17,27H,1-3,5-7H2,(H2,25,29)(H,26,30)/t8-,9?,10-,17?,20?/m1/s1. The van der Waals surface area contributed by atoms with E-state index >= 15 is 0 Å². The van der Waals surface area contributed by atoms with Gasteiger partial charge in [0.05, 0.1) is 6.04 Å². The van der Waals surface area contributed by atoms with Gasteiger partial charge in [-0.1, -0.05) is 0 Å². The van der Waals surface area contributed by atoms with Crippen LogP contribution in [0.2, 0.25) is 0 Å². The van der Waals surface area contributed by atoms with Gasteiger partial charge < -0.3 is 21.1 Å². The number of Topliss-reactive ketones (excluding diaryl/α,β-unsaturated/α-hetero) is 1. The van der Waals surface area contributed by atoms with Crippen LogP contribution >= 0.6 is 0 Å². The Morgan fingerprint density at radius 1 is 1.23 bits per heavy atom. The van der Waals surface area contributed by atoms with Crippen molar-refractivity contribution in [2.75, 3.05) is 19.7 Å². The van der Waals surface area contributed by atoms with Crippen molar-refractivity contribution < 1.29 is 36.7 Å². The van der Waals surface area contributed by atoms with Crippen molar-refractivity contribution in [1.82, 2.24) is 10.6 Å². The van der Waals surface area contributed by atoms with E-state index in [1.165, 1.54) is 0 Å². The first kappa shape index (κ1) is 21.5. The number of piperidine rings is 1. The highest BCUT2D eigenvalue weighted by atomic mass is 19.2. The van der Waals surface area contributed by atoms with Crippen LogP contribution in [0.15, 0.2) is 6.07 Å². The molecule has 3 fully saturated rings. The molecule has 1 aromatic carbocycles. The van der Waals surface area contributed by atoms with Crippen molar-refractivity contribution in [1.29, 1.82) is 0 Å². The average Bonchev–Trinajstić information content (AvgIpc) is 3.08. The van der Waals surface area contributed by atoms with Crippen LogP contribution < -0.4 is 21.1 Å². The molecule has 1 aromatic rings. The van der Waals surface area contributed by atoms with Crippen LogP contribution in [0.1, 0.15) is 19.3 Å². The van der Waals surface area contributed by atoms with Gasteiger partial charge in [-0.15, -0.1) is 0 Å². The minimum Gasteiger partial charge on any atom is -0.480 e. The summed E-state index contributed by atoms with van der Waals surface area (Å²) in [7, 11) is 0. The van der Waals surface area contributed by atoms with Crippen molar-refractivity contribution >= 4 is 17.6 Å². The van der Waals surface area contributed by atoms with Crippen molar-refractivity contribution in [2.45, 2.75) is 25.3 Å². The number of primary amides is 1. The number of hydrogen-bond acceptors (Lipinski definition) is 5. The molecule has 0 bridgehead atoms. The summed E-state index contributed by atoms with van der Waals surface area (Å²) in [4.78, 5) is 37.2. The third kappa shape index (κ3) is 3.54. The molecule has 31 heavy (non-hydrogen) atoms. The topological polar surface area (TPSA) is 111 Å². The maximum Gasteiger partial charge on any atom is 0.235 e. The Kier molecular flexibility index (Phi) is 5.40. The molecule has 0 spiro atoms. The van der Waals surface area contributed by atoms with Gasteiger partial charge in [0.15, 0.2) is 23.2 Å². The first-order valence-corrected chi connectivity index (χ1v) is 9.95. The largest absolute Gasteiger partial charge is 0.480 e. The zero-order chi connectivity index (χ0) is 22.5. The molecule has 0 aromatic heterocycles. The molecule has 2 saturated heterocycles. The quantitative estimate of drug-likeness (QED) is 0.407. The third-order valence-electron chi connectivity index (χ3n) is 6.74. The molecule has 11 heteroatoms. The molecule has 3 unspecified atom stereocenters. The second kappa shape index (κ2) is 7.77. The molecule has 5 atom stereocenters. The van der Waals surface area contributed by atoms with E-state index in [9.17, 15) is 31.9 Å². The lowest BCUT2D eigenvalue weighted by atomic mass is 9.74. The van der Waals surface area contributed by atoms with E-state index < -0.39 is 70.6 Å². The van der Waals surface area contributed by atoms with Crippen molar-refractivity contribution in [3.05, 3.63) is 29.3 Å². The number of hydrogen-bond donors (Lipinski definition) is 3. The lowest BCUT2D eigenvalue weighted by Gasteiger charge is -2.30. The number of nitrogens with one attached hydrogen (secondary N) is 2. The lowest BCUT2D eigenvalue weighted by molar-refractivity contribution is -0.131. The van der Waals surface area contributed by atoms with Gasteiger partial charge in [-0.25, -0.2) is 8.78 Å². The van der Waals surface area contributed by atoms with Crippen LogP contribution in [0, 0.1) is 46.4 Å². The molecule has 1 saturated carbocycles. The lowest BCUT2D eigenvalue weighted by Crippen LogP contribution is -2.49. The molecule has 0 radical (unpaired) electrons. The van der Waals surface area contributed by atoms with Crippen molar-refractivity contribution in [3.8, 4) is 5.75 Å². The highest BCUT2D eigenvalue weighted by molar-refractivity contribution is 5.89. The molecule has 3 aliphatic rings. The van der Waals surface area contributed by atoms with Crippen molar-refractivity contribution in [2.24, 2.45) is 28.9 Å². The van der Waals surface area contributed by atoms with E-state index in [2.05, 4.69) is 10.6 Å². The van der Waals surface area contributed by atoms with E-state index in [4.69, 9.17) is 10.5 Å². The Hall–Kier alpha value is -2.69. The summed E-state index contributed by atoms with van der Waals surface area (Å²) >= 11 is 0. The van der Waals surface area contributed by atoms with E-state index in [0.29, 0.717) is 25.9 Å². The smallest absolute Gasteiger partial charge is 0.235 e. The number of carbonyl (C=O) groups excluding carboxylic acids is 3. The van der Waals surface area contributed by atoms with Crippen LogP contribution in [0.25, 0.3) is 0 Å². The van der Waals surface area contributed by atoms with Crippen LogP contribution in [-0.2, 0) is 14.4 Å². The second-order valence-corrected chi connectivity index (χ2v) is 8.37. The number of benzene rings is 1. The average molecular weight is 443 g/mol. The molecule has 4 rings (SSSR count). The predicted molar refractivity (Wildman–Crippen MR) is 97.5 cm³/mol. The molecule has 2 amide bonds. The molecule has 2 aliphatic heterocycles. The van der Waals surface area contributed by atoms with Crippen LogP contribution in [0.5, 0.6) is 5.75 Å². The zero-order valence-corrected chi connectivity index (χ0v) is 16.4. The fourth-order valence-electron chi connectivity index (χ4n) is 5.15. The Bertz CT molecular complexity index is 933. The van der Waals surface area contributed by atoms with E-state index in [1.54, 1.807) is 0 Å². The highest BCUT2D eigenvalue weighted by Crippen LogP contribution is 2.64. The third-order valence-corrected chi connectivity index (χ3v) is 6.74. The summed E-state index contributed by atoms with van der Waals surface area (Å²) in [5.41, 5.74) is 4.69. The van der Waals surface area contributed by atoms with Gasteiger partial charge in [-0.05, 0) is 31.7 Å². The van der Waals surface area contributed by atoms with E-state index in [-0.39, 0.29) is 24.3 Å². The van der Waals surface area contributed by atoms with Crippen molar-refractivity contribution in [3.63, 3.8) is 0 Å². The Morgan fingerprint density at radius 3 is 2.45 bits per heavy atom. The number of fused-ring (bicyclic) bond motifs is 1. The number of carbonyl (C=O) groups is 3. The van der Waals surface area contributed by atoms with Crippen LogP contribution in [0.3, 0.4) is 0 Å². The van der Waals surface area contributed by atoms with Gasteiger partial charge in [0.25, 0.3) is 0 Å². The van der Waals surface area contributed by atoms with Gasteiger partial charge in [0, 0.05) is 29.9 Å². The molecule has 4 N–H and O–H groups in total. The van der Waals surface area contributed by atoms with Gasteiger partial charge in [-0.3, -0.25) is 14.4 Å². The number of nitrogens with two attached hydrogens (primary N) is 1. The van der Waals surface area contributed by atoms with Gasteiger partial charge >= 0.3 is 0 Å². The fourth-order valence-corrected chi connectivity index (χ4v) is 5.15. The Labute approximate surface area is 174 Å². The molecule has 1 aliphatic carbocycles. The van der Waals surface area contributed by atoms with Gasteiger partial charge in [0.2, 0.25) is 23.4 Å². The minimum absolute atomic E-state index is 0.0245. The molecule has 2 heterocycles. The number of halogens is 4. The number of amides is 2. The maximum absolute atomic E-state index is 13.9. The summed E-state index contributed by atoms with van der Waals surface area (Å²) < 4.78 is 59.5. The van der Waals surface area contributed by atoms with Gasteiger partial charge in [-0.2, -0.15) is 8.78 Å². The maximum atomic E-state index is 13.9. The zero-order valence-electron chi connectivity index (χ0n) is 16.4. The number of rotatable bonds is 8. The first-order valence-electron chi connectivity index (χ1n) is 9.95. The molecule has 7 nitrogen and oxygen atoms in total. The second-order valence-electron chi connectivity index (χ2n) is 8.37. The fraction of sp³-hybridized carbons (Fsp3) is 0.550. The summed E-state index contributed by atoms with van der Waals surface area (Å²) in [6.45, 7) is 0.0387. The Morgan fingerprint density at radius 2 is 1.90 bits per heavy atom. The number of ketones is 1. The predicted octanol–water partition coefficient (Wildman–Crippen LogP) is 0.797. The monoisotopic (exact) mass is 443 g/mol. The summed E-state index contributed by atoms with van der Waals surface area (Å²) in [5.74, 6) is -11.0. The highest BCUT2D eigenvalue weighted by Gasteiger charge is 2.69.